The minimum absolute atomic E-state index is 0.0665. The highest BCUT2D eigenvalue weighted by molar-refractivity contribution is 5.97. The Bertz CT molecular complexity index is 485. The second-order valence-electron chi connectivity index (χ2n) is 5.48. The molecule has 0 aliphatic heterocycles. The van der Waals surface area contributed by atoms with Crippen molar-refractivity contribution in [3.8, 4) is 0 Å². The van der Waals surface area contributed by atoms with Crippen LogP contribution in [0, 0.1) is 5.41 Å². The summed E-state index contributed by atoms with van der Waals surface area (Å²) in [4.78, 5) is 24.2. The van der Waals surface area contributed by atoms with Gasteiger partial charge in [-0.25, -0.2) is 0 Å². The van der Waals surface area contributed by atoms with Crippen molar-refractivity contribution in [1.82, 2.24) is 5.32 Å². The maximum Gasteiger partial charge on any atom is 0.251 e. The monoisotopic (exact) mass is 305 g/mol. The molecular weight excluding hydrogens is 278 g/mol. The van der Waals surface area contributed by atoms with Crippen LogP contribution in [-0.2, 0) is 4.79 Å². The molecule has 0 saturated heterocycles. The zero-order valence-electron chi connectivity index (χ0n) is 13.7. The third-order valence-corrected chi connectivity index (χ3v) is 4.17. The van der Waals surface area contributed by atoms with Crippen LogP contribution in [-0.4, -0.2) is 24.9 Å². The lowest BCUT2D eigenvalue weighted by atomic mass is 9.81. The molecule has 1 aromatic carbocycles. The van der Waals surface area contributed by atoms with Crippen molar-refractivity contribution in [2.45, 2.75) is 40.0 Å². The normalized spacial score (nSPS) is 11.1. The fraction of sp³-hybridized carbons (Fsp3) is 0.529. The van der Waals surface area contributed by atoms with Gasteiger partial charge in [-0.1, -0.05) is 20.8 Å². The number of carbonyl (C=O) groups is 2. The molecule has 0 aromatic heterocycles. The Hall–Kier alpha value is -1.88. The van der Waals surface area contributed by atoms with E-state index < -0.39 is 5.41 Å². The molecule has 0 spiro atoms. The van der Waals surface area contributed by atoms with E-state index in [4.69, 9.17) is 5.73 Å². The minimum Gasteiger partial charge on any atom is -0.352 e. The molecule has 0 bridgehead atoms. The Morgan fingerprint density at radius 3 is 2.14 bits per heavy atom. The molecule has 0 radical (unpaired) electrons. The first-order valence-electron chi connectivity index (χ1n) is 7.92. The van der Waals surface area contributed by atoms with E-state index in [-0.39, 0.29) is 11.8 Å². The molecule has 0 saturated carbocycles. The highest BCUT2D eigenvalue weighted by Gasteiger charge is 2.33. The van der Waals surface area contributed by atoms with E-state index >= 15 is 0 Å². The molecule has 2 amide bonds. The first kappa shape index (κ1) is 18.2. The average Bonchev–Trinajstić information content (AvgIpc) is 2.55. The van der Waals surface area contributed by atoms with Crippen molar-refractivity contribution in [3.63, 3.8) is 0 Å². The predicted molar refractivity (Wildman–Crippen MR) is 89.8 cm³/mol. The summed E-state index contributed by atoms with van der Waals surface area (Å²) in [7, 11) is 0. The van der Waals surface area contributed by atoms with Crippen LogP contribution in [0.3, 0.4) is 0 Å². The molecule has 0 heterocycles. The van der Waals surface area contributed by atoms with Crippen molar-refractivity contribution in [3.05, 3.63) is 29.8 Å². The molecule has 4 N–H and O–H groups in total. The van der Waals surface area contributed by atoms with Gasteiger partial charge >= 0.3 is 0 Å². The number of nitrogens with one attached hydrogen (secondary N) is 2. The number of rotatable bonds is 8. The van der Waals surface area contributed by atoms with Crippen LogP contribution < -0.4 is 16.4 Å². The lowest BCUT2D eigenvalue weighted by Gasteiger charge is -2.28. The number of hydrogen-bond acceptors (Lipinski definition) is 3. The highest BCUT2D eigenvalue weighted by Crippen LogP contribution is 2.27. The smallest absolute Gasteiger partial charge is 0.251 e. The standard InChI is InChI=1S/C17H27N3O2/c1-4-11-19-15(21)13-7-9-14(10-8-13)20-16(22)17(5-2,6-3)12-18/h7-10H,4-6,11-12,18H2,1-3H3,(H,19,21)(H,20,22). The molecule has 5 nitrogen and oxygen atoms in total. The topological polar surface area (TPSA) is 84.2 Å². The van der Waals surface area contributed by atoms with E-state index in [1.165, 1.54) is 0 Å². The summed E-state index contributed by atoms with van der Waals surface area (Å²) < 4.78 is 0. The first-order valence-corrected chi connectivity index (χ1v) is 7.92. The largest absolute Gasteiger partial charge is 0.352 e. The van der Waals surface area contributed by atoms with E-state index in [9.17, 15) is 9.59 Å². The van der Waals surface area contributed by atoms with Crippen LogP contribution in [0.2, 0.25) is 0 Å². The number of benzene rings is 1. The van der Waals surface area contributed by atoms with Crippen molar-refractivity contribution >= 4 is 17.5 Å². The van der Waals surface area contributed by atoms with Crippen molar-refractivity contribution in [2.24, 2.45) is 11.1 Å². The van der Waals surface area contributed by atoms with Gasteiger partial charge in [0.05, 0.1) is 5.41 Å². The van der Waals surface area contributed by atoms with Crippen molar-refractivity contribution < 1.29 is 9.59 Å². The maximum atomic E-state index is 12.4. The summed E-state index contributed by atoms with van der Waals surface area (Å²) >= 11 is 0. The Morgan fingerprint density at radius 2 is 1.68 bits per heavy atom. The van der Waals surface area contributed by atoms with Gasteiger partial charge in [0.1, 0.15) is 0 Å². The fourth-order valence-electron chi connectivity index (χ4n) is 2.26. The van der Waals surface area contributed by atoms with Crippen LogP contribution >= 0.6 is 0 Å². The SMILES string of the molecule is CCCNC(=O)c1ccc(NC(=O)C(CC)(CC)CN)cc1. The molecule has 1 rings (SSSR count). The Morgan fingerprint density at radius 1 is 1.09 bits per heavy atom. The van der Waals surface area contributed by atoms with Gasteiger partial charge in [-0.3, -0.25) is 9.59 Å². The summed E-state index contributed by atoms with van der Waals surface area (Å²) in [6.45, 7) is 6.92. The van der Waals surface area contributed by atoms with Crippen molar-refractivity contribution in [2.75, 3.05) is 18.4 Å². The van der Waals surface area contributed by atoms with E-state index in [2.05, 4.69) is 10.6 Å². The van der Waals surface area contributed by atoms with Gasteiger partial charge in [-0.2, -0.15) is 0 Å². The molecule has 0 fully saturated rings. The number of anilines is 1. The second kappa shape index (κ2) is 8.54. The molecule has 0 atom stereocenters. The van der Waals surface area contributed by atoms with Gasteiger partial charge in [-0.05, 0) is 43.5 Å². The summed E-state index contributed by atoms with van der Waals surface area (Å²) in [5, 5.41) is 5.71. The summed E-state index contributed by atoms with van der Waals surface area (Å²) in [5.74, 6) is -0.165. The van der Waals surface area contributed by atoms with Gasteiger partial charge in [-0.15, -0.1) is 0 Å². The average molecular weight is 305 g/mol. The fourth-order valence-corrected chi connectivity index (χ4v) is 2.26. The highest BCUT2D eigenvalue weighted by atomic mass is 16.2. The maximum absolute atomic E-state index is 12.4. The zero-order chi connectivity index (χ0) is 16.6. The van der Waals surface area contributed by atoms with E-state index in [0.29, 0.717) is 37.2 Å². The molecule has 1 aromatic rings. The summed E-state index contributed by atoms with van der Waals surface area (Å²) in [6, 6.07) is 6.90. The molecule has 122 valence electrons. The Labute approximate surface area is 132 Å². The van der Waals surface area contributed by atoms with Gasteiger partial charge in [0, 0.05) is 24.3 Å². The van der Waals surface area contributed by atoms with E-state index in [1.807, 2.05) is 20.8 Å². The minimum atomic E-state index is -0.531. The number of amides is 2. The lowest BCUT2D eigenvalue weighted by molar-refractivity contribution is -0.125. The number of carbonyl (C=O) groups excluding carboxylic acids is 2. The zero-order valence-corrected chi connectivity index (χ0v) is 13.7. The second-order valence-corrected chi connectivity index (χ2v) is 5.48. The third kappa shape index (κ3) is 4.31. The number of hydrogen-bond donors (Lipinski definition) is 3. The Kier molecular flexibility index (Phi) is 7.05. The van der Waals surface area contributed by atoms with Gasteiger partial charge in [0.2, 0.25) is 5.91 Å². The van der Waals surface area contributed by atoms with Gasteiger partial charge in [0.15, 0.2) is 0 Å². The summed E-state index contributed by atoms with van der Waals surface area (Å²) in [6.07, 6.45) is 2.29. The number of nitrogens with two attached hydrogens (primary N) is 1. The molecule has 0 unspecified atom stereocenters. The summed E-state index contributed by atoms with van der Waals surface area (Å²) in [5.41, 5.74) is 6.51. The quantitative estimate of drug-likeness (QED) is 0.690. The molecular formula is C17H27N3O2. The third-order valence-electron chi connectivity index (χ3n) is 4.17. The van der Waals surface area contributed by atoms with Gasteiger partial charge in [0.25, 0.3) is 5.91 Å². The Balaban J connectivity index is 2.75. The van der Waals surface area contributed by atoms with Crippen LogP contribution in [0.15, 0.2) is 24.3 Å². The predicted octanol–water partition coefficient (Wildman–Crippen LogP) is 2.53. The van der Waals surface area contributed by atoms with Crippen molar-refractivity contribution in [1.29, 1.82) is 0 Å². The van der Waals surface area contributed by atoms with Crippen LogP contribution in [0.5, 0.6) is 0 Å². The molecule has 22 heavy (non-hydrogen) atoms. The van der Waals surface area contributed by atoms with Crippen LogP contribution in [0.25, 0.3) is 0 Å². The van der Waals surface area contributed by atoms with Crippen LogP contribution in [0.4, 0.5) is 5.69 Å². The molecule has 0 aliphatic rings. The molecule has 0 aliphatic carbocycles. The van der Waals surface area contributed by atoms with Crippen LogP contribution in [0.1, 0.15) is 50.4 Å². The van der Waals surface area contributed by atoms with E-state index in [1.54, 1.807) is 24.3 Å². The lowest BCUT2D eigenvalue weighted by Crippen LogP contribution is -2.41. The first-order chi connectivity index (χ1) is 10.5. The van der Waals surface area contributed by atoms with Gasteiger partial charge < -0.3 is 16.4 Å². The van der Waals surface area contributed by atoms with E-state index in [0.717, 1.165) is 6.42 Å². The molecule has 5 heteroatoms.